The molecule has 0 aromatic heterocycles. The Kier molecular flexibility index (Phi) is 7.63. The normalized spacial score (nSPS) is 32.5. The van der Waals surface area contributed by atoms with E-state index in [1.807, 2.05) is 20.8 Å². The molecule has 1 aliphatic heterocycles. The lowest BCUT2D eigenvalue weighted by Crippen LogP contribution is -2.49. The van der Waals surface area contributed by atoms with Crippen LogP contribution in [0, 0.1) is 38.9 Å². The SMILES string of the molecule is C=C[C@@H]1C[C@]1(CC(=O)[C@@H]1C[C@@]2(CN1C(=O)[C@@H](CC(=O)OC(C)(C)C)C(C)(C)C)C(C)(C)C21CCC1)C(=O)NS(=O)(=O)C1CC1. The second kappa shape index (κ2) is 10.1. The highest BCUT2D eigenvalue weighted by Crippen LogP contribution is 2.88. The van der Waals surface area contributed by atoms with Crippen molar-refractivity contribution in [3.63, 3.8) is 0 Å². The number of carbonyl (C=O) groups excluding carboxylic acids is 4. The molecule has 0 aromatic rings. The standard InChI is InChI=1S/C34H52N2O7S/c1-10-21-17-32(21,28(40)35-44(41,42)22-12-13-22)19-25(37)24-18-34(31(8,9)33(34)14-11-15-33)20-36(24)27(39)23(29(2,3)4)16-26(38)43-30(5,6)7/h10,21-24H,1,11-20H2,2-9H3,(H,35,40)/t21-,23-,24+,32-,34-/m1/s1. The van der Waals surface area contributed by atoms with Gasteiger partial charge in [-0.25, -0.2) is 8.42 Å². The van der Waals surface area contributed by atoms with Gasteiger partial charge in [-0.3, -0.25) is 23.9 Å². The highest BCUT2D eigenvalue weighted by molar-refractivity contribution is 7.90. The third kappa shape index (κ3) is 5.15. The Balaban J connectivity index is 1.44. The van der Waals surface area contributed by atoms with Crippen LogP contribution in [0.4, 0.5) is 0 Å². The number of amides is 2. The zero-order chi connectivity index (χ0) is 32.9. The number of sulfonamides is 1. The summed E-state index contributed by atoms with van der Waals surface area (Å²) >= 11 is 0. The summed E-state index contributed by atoms with van der Waals surface area (Å²) in [6, 6.07) is -0.749. The summed E-state index contributed by atoms with van der Waals surface area (Å²) in [6.07, 6.45) is 6.54. The zero-order valence-electron chi connectivity index (χ0n) is 27.9. The summed E-state index contributed by atoms with van der Waals surface area (Å²) in [4.78, 5) is 57.1. The molecule has 1 saturated heterocycles. The van der Waals surface area contributed by atoms with E-state index in [0.717, 1.165) is 19.3 Å². The molecule has 2 amide bonds. The van der Waals surface area contributed by atoms with Gasteiger partial charge < -0.3 is 9.64 Å². The summed E-state index contributed by atoms with van der Waals surface area (Å²) in [5, 5.41) is -0.557. The Hall–Kier alpha value is -2.23. The van der Waals surface area contributed by atoms with Crippen LogP contribution in [0.2, 0.25) is 0 Å². The molecule has 5 fully saturated rings. The predicted molar refractivity (Wildman–Crippen MR) is 166 cm³/mol. The van der Waals surface area contributed by atoms with Crippen LogP contribution < -0.4 is 4.72 Å². The number of ether oxygens (including phenoxy) is 1. The third-order valence-corrected chi connectivity index (χ3v) is 14.0. The van der Waals surface area contributed by atoms with Crippen LogP contribution in [0.1, 0.15) is 113 Å². The Bertz CT molecular complexity index is 1380. The molecule has 246 valence electrons. The maximum absolute atomic E-state index is 14.5. The lowest BCUT2D eigenvalue weighted by Gasteiger charge is -2.35. The molecule has 5 atom stereocenters. The maximum atomic E-state index is 14.5. The number of hydrogen-bond donors (Lipinski definition) is 1. The van der Waals surface area contributed by atoms with E-state index in [2.05, 4.69) is 25.1 Å². The van der Waals surface area contributed by atoms with Crippen molar-refractivity contribution in [1.82, 2.24) is 9.62 Å². The number of Topliss-reactive ketones (excluding diaryl/α,β-unsaturated/α-hetero) is 1. The van der Waals surface area contributed by atoms with Crippen molar-refractivity contribution < 1.29 is 32.3 Å². The van der Waals surface area contributed by atoms with E-state index in [1.165, 1.54) is 0 Å². The molecule has 44 heavy (non-hydrogen) atoms. The minimum atomic E-state index is -3.78. The molecule has 0 unspecified atom stereocenters. The lowest BCUT2D eigenvalue weighted by molar-refractivity contribution is -0.161. The van der Waals surface area contributed by atoms with Gasteiger partial charge in [0.2, 0.25) is 21.8 Å². The number of hydrogen-bond acceptors (Lipinski definition) is 7. The summed E-state index contributed by atoms with van der Waals surface area (Å²) in [7, 11) is -3.78. The molecule has 10 heteroatoms. The van der Waals surface area contributed by atoms with Gasteiger partial charge in [0.15, 0.2) is 5.78 Å². The van der Waals surface area contributed by atoms with E-state index in [0.29, 0.717) is 32.2 Å². The number of carbonyl (C=O) groups is 4. The van der Waals surface area contributed by atoms with Crippen LogP contribution >= 0.6 is 0 Å². The number of allylic oxidation sites excluding steroid dienone is 1. The van der Waals surface area contributed by atoms with Gasteiger partial charge in [0.1, 0.15) is 5.60 Å². The van der Waals surface area contributed by atoms with Gasteiger partial charge in [-0.1, -0.05) is 47.1 Å². The van der Waals surface area contributed by atoms with Crippen molar-refractivity contribution in [1.29, 1.82) is 0 Å². The average molecular weight is 633 g/mol. The first-order valence-corrected chi connectivity index (χ1v) is 17.9. The van der Waals surface area contributed by atoms with Crippen molar-refractivity contribution in [3.8, 4) is 0 Å². The van der Waals surface area contributed by atoms with Crippen LogP contribution in [0.5, 0.6) is 0 Å². The number of fused-ring (bicyclic) bond motifs is 1. The number of nitrogens with one attached hydrogen (secondary N) is 1. The molecule has 0 aromatic carbocycles. The number of nitrogens with zero attached hydrogens (tertiary/aromatic N) is 1. The van der Waals surface area contributed by atoms with Gasteiger partial charge in [0.25, 0.3) is 0 Å². The first kappa shape index (κ1) is 33.1. The highest BCUT2D eigenvalue weighted by Gasteiger charge is 2.85. The minimum absolute atomic E-state index is 0.0508. The van der Waals surface area contributed by atoms with E-state index < -0.39 is 55.5 Å². The molecule has 1 heterocycles. The molecule has 0 radical (unpaired) electrons. The van der Waals surface area contributed by atoms with Crippen molar-refractivity contribution in [2.75, 3.05) is 6.54 Å². The summed E-state index contributed by atoms with van der Waals surface area (Å²) in [6.45, 7) is 19.9. The number of ketones is 1. The predicted octanol–water partition coefficient (Wildman–Crippen LogP) is 4.94. The van der Waals surface area contributed by atoms with E-state index in [9.17, 15) is 27.6 Å². The van der Waals surface area contributed by atoms with E-state index in [4.69, 9.17) is 4.74 Å². The molecular weight excluding hydrogens is 580 g/mol. The molecule has 5 aliphatic rings. The molecule has 5 rings (SSSR count). The first-order chi connectivity index (χ1) is 20.1. The Morgan fingerprint density at radius 3 is 2.07 bits per heavy atom. The first-order valence-electron chi connectivity index (χ1n) is 16.3. The van der Waals surface area contributed by atoms with E-state index in [-0.39, 0.29) is 46.7 Å². The molecule has 4 saturated carbocycles. The van der Waals surface area contributed by atoms with Gasteiger partial charge in [-0.15, -0.1) is 6.58 Å². The van der Waals surface area contributed by atoms with Crippen LogP contribution in [-0.4, -0.2) is 60.3 Å². The van der Waals surface area contributed by atoms with Crippen LogP contribution in [0.15, 0.2) is 12.7 Å². The number of esters is 1. The second-order valence-electron chi connectivity index (χ2n) is 17.1. The van der Waals surface area contributed by atoms with E-state index in [1.54, 1.807) is 31.7 Å². The fourth-order valence-corrected chi connectivity index (χ4v) is 10.3. The quantitative estimate of drug-likeness (QED) is 0.267. The molecule has 4 aliphatic carbocycles. The van der Waals surface area contributed by atoms with Gasteiger partial charge in [-0.2, -0.15) is 0 Å². The Morgan fingerprint density at radius 2 is 1.64 bits per heavy atom. The van der Waals surface area contributed by atoms with E-state index >= 15 is 0 Å². The van der Waals surface area contributed by atoms with Gasteiger partial charge >= 0.3 is 5.97 Å². The monoisotopic (exact) mass is 632 g/mol. The topological polar surface area (TPSA) is 127 Å². The van der Waals surface area contributed by atoms with Crippen molar-refractivity contribution in [3.05, 3.63) is 12.7 Å². The van der Waals surface area contributed by atoms with Gasteiger partial charge in [0, 0.05) is 18.4 Å². The van der Waals surface area contributed by atoms with Crippen LogP contribution in [-0.2, 0) is 33.9 Å². The van der Waals surface area contributed by atoms with Crippen molar-refractivity contribution >= 4 is 33.6 Å². The van der Waals surface area contributed by atoms with Gasteiger partial charge in [-0.05, 0) is 81.5 Å². The average Bonchev–Trinajstić information content (AvgIpc) is 3.77. The molecular formula is C34H52N2O7S. The van der Waals surface area contributed by atoms with Crippen molar-refractivity contribution in [2.24, 2.45) is 38.9 Å². The van der Waals surface area contributed by atoms with Crippen molar-refractivity contribution in [2.45, 2.75) is 130 Å². The molecule has 0 bridgehead atoms. The van der Waals surface area contributed by atoms with Crippen LogP contribution in [0.3, 0.4) is 0 Å². The number of likely N-dealkylation sites (tertiary alicyclic amines) is 1. The molecule has 2 spiro atoms. The second-order valence-corrected chi connectivity index (χ2v) is 19.0. The zero-order valence-corrected chi connectivity index (χ0v) is 28.7. The summed E-state index contributed by atoms with van der Waals surface area (Å²) in [5.74, 6) is -2.57. The maximum Gasteiger partial charge on any atom is 0.307 e. The summed E-state index contributed by atoms with van der Waals surface area (Å²) in [5.41, 5.74) is -2.64. The van der Waals surface area contributed by atoms with Gasteiger partial charge in [0.05, 0.1) is 29.0 Å². The largest absolute Gasteiger partial charge is 0.460 e. The lowest BCUT2D eigenvalue weighted by atomic mass is 9.73. The highest BCUT2D eigenvalue weighted by atomic mass is 32.2. The third-order valence-electron chi connectivity index (χ3n) is 12.2. The Morgan fingerprint density at radius 1 is 1.02 bits per heavy atom. The summed E-state index contributed by atoms with van der Waals surface area (Å²) < 4.78 is 33.2. The fourth-order valence-electron chi connectivity index (χ4n) is 8.94. The molecule has 9 nitrogen and oxygen atoms in total. The smallest absolute Gasteiger partial charge is 0.307 e. The van der Waals surface area contributed by atoms with Crippen LogP contribution in [0.25, 0.3) is 0 Å². The fraction of sp³-hybridized carbons (Fsp3) is 0.824. The number of rotatable bonds is 10. The minimum Gasteiger partial charge on any atom is -0.460 e. The Labute approximate surface area is 263 Å². The molecule has 1 N–H and O–H groups in total.